The highest BCUT2D eigenvalue weighted by molar-refractivity contribution is 7.92. The van der Waals surface area contributed by atoms with E-state index in [4.69, 9.17) is 0 Å². The largest absolute Gasteiger partial charge is 0.370 e. The average molecular weight is 292 g/mol. The zero-order chi connectivity index (χ0) is 14.6. The minimum absolute atomic E-state index is 0.113. The number of pyridine rings is 2. The molecule has 2 N–H and O–H groups in total. The highest BCUT2D eigenvalue weighted by Crippen LogP contribution is 2.18. The normalized spacial score (nSPS) is 11.1. The predicted octanol–water partition coefficient (Wildman–Crippen LogP) is 2.02. The van der Waals surface area contributed by atoms with Crippen molar-refractivity contribution in [1.82, 2.24) is 9.97 Å². The van der Waals surface area contributed by atoms with Crippen LogP contribution >= 0.6 is 0 Å². The summed E-state index contributed by atoms with van der Waals surface area (Å²) in [6.45, 7) is 4.48. The van der Waals surface area contributed by atoms with Gasteiger partial charge in [-0.25, -0.2) is 13.4 Å². The van der Waals surface area contributed by atoms with Gasteiger partial charge in [0.2, 0.25) is 0 Å². The molecule has 0 aliphatic carbocycles. The van der Waals surface area contributed by atoms with Gasteiger partial charge in [0.15, 0.2) is 0 Å². The average Bonchev–Trinajstić information content (AvgIpc) is 2.42. The number of sulfonamides is 1. The lowest BCUT2D eigenvalue weighted by atomic mass is 10.3. The number of aromatic nitrogens is 2. The molecule has 2 heterocycles. The van der Waals surface area contributed by atoms with Crippen molar-refractivity contribution in [3.8, 4) is 0 Å². The van der Waals surface area contributed by atoms with Crippen molar-refractivity contribution in [2.45, 2.75) is 18.7 Å². The fourth-order valence-electron chi connectivity index (χ4n) is 1.60. The minimum Gasteiger partial charge on any atom is -0.370 e. The molecule has 0 aromatic carbocycles. The van der Waals surface area contributed by atoms with E-state index in [-0.39, 0.29) is 4.90 Å². The van der Waals surface area contributed by atoms with Gasteiger partial charge in [-0.05, 0) is 37.6 Å². The van der Waals surface area contributed by atoms with E-state index in [1.165, 1.54) is 18.5 Å². The van der Waals surface area contributed by atoms with Crippen molar-refractivity contribution >= 4 is 21.5 Å². The number of aryl methyl sites for hydroxylation is 1. The summed E-state index contributed by atoms with van der Waals surface area (Å²) in [7, 11) is -3.65. The topological polar surface area (TPSA) is 84.0 Å². The Hall–Kier alpha value is -2.15. The quantitative estimate of drug-likeness (QED) is 0.880. The third-order valence-electron chi connectivity index (χ3n) is 2.69. The maximum atomic E-state index is 12.2. The van der Waals surface area contributed by atoms with Crippen molar-refractivity contribution in [2.75, 3.05) is 16.6 Å². The van der Waals surface area contributed by atoms with Gasteiger partial charge in [-0.3, -0.25) is 9.71 Å². The predicted molar refractivity (Wildman–Crippen MR) is 78.2 cm³/mol. The van der Waals surface area contributed by atoms with Gasteiger partial charge in [-0.15, -0.1) is 0 Å². The van der Waals surface area contributed by atoms with Crippen LogP contribution in [0.1, 0.15) is 12.5 Å². The molecule has 7 heteroatoms. The molecule has 0 amide bonds. The summed E-state index contributed by atoms with van der Waals surface area (Å²) in [5.41, 5.74) is 1.27. The minimum atomic E-state index is -3.65. The second kappa shape index (κ2) is 5.87. The lowest BCUT2D eigenvalue weighted by molar-refractivity contribution is 0.601. The van der Waals surface area contributed by atoms with E-state index in [0.717, 1.165) is 12.1 Å². The molecule has 106 valence electrons. The van der Waals surface area contributed by atoms with Gasteiger partial charge >= 0.3 is 0 Å². The molecular formula is C13H16N4O2S. The first kappa shape index (κ1) is 14.3. The zero-order valence-corrected chi connectivity index (χ0v) is 12.1. The van der Waals surface area contributed by atoms with Crippen LogP contribution in [0.2, 0.25) is 0 Å². The number of hydrogen-bond donors (Lipinski definition) is 2. The van der Waals surface area contributed by atoms with Gasteiger partial charge in [-0.2, -0.15) is 0 Å². The molecular weight excluding hydrogens is 276 g/mol. The first-order chi connectivity index (χ1) is 9.53. The van der Waals surface area contributed by atoms with Gasteiger partial charge in [-0.1, -0.05) is 0 Å². The lowest BCUT2D eigenvalue weighted by Gasteiger charge is -2.10. The smallest absolute Gasteiger partial charge is 0.263 e. The van der Waals surface area contributed by atoms with Crippen LogP contribution in [0, 0.1) is 6.92 Å². The Morgan fingerprint density at radius 2 is 2.00 bits per heavy atom. The van der Waals surface area contributed by atoms with E-state index in [2.05, 4.69) is 20.0 Å². The molecule has 0 saturated heterocycles. The summed E-state index contributed by atoms with van der Waals surface area (Å²) in [6, 6.07) is 4.89. The van der Waals surface area contributed by atoms with Gasteiger partial charge in [0, 0.05) is 18.9 Å². The number of rotatable bonds is 5. The van der Waals surface area contributed by atoms with Gasteiger partial charge < -0.3 is 5.32 Å². The molecule has 20 heavy (non-hydrogen) atoms. The van der Waals surface area contributed by atoms with Crippen LogP contribution in [0.15, 0.2) is 41.7 Å². The van der Waals surface area contributed by atoms with Crippen molar-refractivity contribution < 1.29 is 8.42 Å². The van der Waals surface area contributed by atoms with Crippen molar-refractivity contribution in [3.05, 3.63) is 42.4 Å². The molecule has 0 aliphatic rings. The van der Waals surface area contributed by atoms with Gasteiger partial charge in [0.1, 0.15) is 10.7 Å². The maximum Gasteiger partial charge on any atom is 0.263 e. The first-order valence-corrected chi connectivity index (χ1v) is 7.64. The Labute approximate surface area is 118 Å². The summed E-state index contributed by atoms with van der Waals surface area (Å²) in [5, 5.41) is 3.01. The van der Waals surface area contributed by atoms with E-state index >= 15 is 0 Å². The van der Waals surface area contributed by atoms with Gasteiger partial charge in [0.05, 0.1) is 11.9 Å². The van der Waals surface area contributed by atoms with Crippen LogP contribution in [0.3, 0.4) is 0 Å². The number of hydrogen-bond acceptors (Lipinski definition) is 5. The molecule has 2 rings (SSSR count). The second-order valence-electron chi connectivity index (χ2n) is 4.21. The van der Waals surface area contributed by atoms with Crippen LogP contribution in [-0.2, 0) is 10.0 Å². The highest BCUT2D eigenvalue weighted by Gasteiger charge is 2.15. The molecule has 0 bridgehead atoms. The summed E-state index contributed by atoms with van der Waals surface area (Å²) in [4.78, 5) is 8.08. The monoisotopic (exact) mass is 292 g/mol. The Morgan fingerprint density at radius 1 is 1.20 bits per heavy atom. The maximum absolute atomic E-state index is 12.2. The van der Waals surface area contributed by atoms with Crippen molar-refractivity contribution in [2.24, 2.45) is 0 Å². The van der Waals surface area contributed by atoms with E-state index < -0.39 is 10.0 Å². The summed E-state index contributed by atoms with van der Waals surface area (Å²) >= 11 is 0. The molecule has 0 fully saturated rings. The molecule has 0 spiro atoms. The van der Waals surface area contributed by atoms with E-state index in [9.17, 15) is 8.42 Å². The summed E-state index contributed by atoms with van der Waals surface area (Å²) < 4.78 is 27.0. The van der Waals surface area contributed by atoms with E-state index in [1.54, 1.807) is 18.3 Å². The van der Waals surface area contributed by atoms with Crippen LogP contribution < -0.4 is 10.0 Å². The van der Waals surface area contributed by atoms with Crippen LogP contribution in [0.5, 0.6) is 0 Å². The summed E-state index contributed by atoms with van der Waals surface area (Å²) in [5.74, 6) is 0.643. The molecule has 0 unspecified atom stereocenters. The molecule has 0 atom stereocenters. The fraction of sp³-hybridized carbons (Fsp3) is 0.231. The molecule has 6 nitrogen and oxygen atoms in total. The van der Waals surface area contributed by atoms with Crippen LogP contribution in [-0.4, -0.2) is 24.9 Å². The molecule has 2 aromatic rings. The van der Waals surface area contributed by atoms with Gasteiger partial charge in [0.25, 0.3) is 10.0 Å². The Balaban J connectivity index is 2.24. The first-order valence-electron chi connectivity index (χ1n) is 6.16. The Kier molecular flexibility index (Phi) is 4.19. The third kappa shape index (κ3) is 3.24. The second-order valence-corrected chi connectivity index (χ2v) is 5.89. The van der Waals surface area contributed by atoms with Crippen molar-refractivity contribution in [1.29, 1.82) is 0 Å². The number of nitrogens with one attached hydrogen (secondary N) is 2. The number of anilines is 2. The zero-order valence-electron chi connectivity index (χ0n) is 11.3. The molecule has 0 saturated carbocycles. The van der Waals surface area contributed by atoms with Crippen LogP contribution in [0.4, 0.5) is 11.5 Å². The molecule has 0 aliphatic heterocycles. The number of nitrogens with zero attached hydrogens (tertiary/aromatic N) is 2. The molecule has 0 radical (unpaired) electrons. The lowest BCUT2D eigenvalue weighted by Crippen LogP contribution is -2.14. The standard InChI is InChI=1S/C13H16N4O2S/c1-3-15-13-5-4-11(8-16-13)20(18,19)17-12-9-14-7-6-10(12)2/h4-9,17H,3H2,1-2H3,(H,15,16). The van der Waals surface area contributed by atoms with E-state index in [1.807, 2.05) is 13.8 Å². The third-order valence-corrected chi connectivity index (χ3v) is 4.04. The SMILES string of the molecule is CCNc1ccc(S(=O)(=O)Nc2cnccc2C)cn1. The fourth-order valence-corrected chi connectivity index (χ4v) is 2.66. The van der Waals surface area contributed by atoms with Crippen molar-refractivity contribution in [3.63, 3.8) is 0 Å². The highest BCUT2D eigenvalue weighted by atomic mass is 32.2. The molecule has 2 aromatic heterocycles. The Bertz CT molecular complexity index is 684. The van der Waals surface area contributed by atoms with Crippen LogP contribution in [0.25, 0.3) is 0 Å². The Morgan fingerprint density at radius 3 is 2.60 bits per heavy atom. The summed E-state index contributed by atoms with van der Waals surface area (Å²) in [6.07, 6.45) is 4.42. The van der Waals surface area contributed by atoms with E-state index in [0.29, 0.717) is 11.5 Å².